The van der Waals surface area contributed by atoms with E-state index in [1.165, 1.54) is 6.08 Å². The van der Waals surface area contributed by atoms with Crippen molar-refractivity contribution in [2.45, 2.75) is 26.4 Å². The molecule has 0 fully saturated rings. The maximum Gasteiger partial charge on any atom is 0.344 e. The highest BCUT2D eigenvalue weighted by molar-refractivity contribution is 6.43. The van der Waals surface area contributed by atoms with E-state index in [2.05, 4.69) is 0 Å². The standard InChI is InChI=1S/C21H18Cl2O5/c1-21(2,3)28-18(24)11-26-13-7-8-14-16(10-13)27-17(20(14)25)9-12-5-4-6-15(22)19(12)23/h4-10H,11H2,1-3H3. The first kappa shape index (κ1) is 20.2. The number of hydrogen-bond donors (Lipinski definition) is 0. The molecule has 0 unspecified atom stereocenters. The van der Waals surface area contributed by atoms with Crippen molar-refractivity contribution in [3.8, 4) is 11.5 Å². The Labute approximate surface area is 172 Å². The molecule has 0 radical (unpaired) electrons. The van der Waals surface area contributed by atoms with Crippen LogP contribution in [0.15, 0.2) is 42.2 Å². The van der Waals surface area contributed by atoms with Crippen LogP contribution < -0.4 is 9.47 Å². The van der Waals surface area contributed by atoms with Gasteiger partial charge < -0.3 is 14.2 Å². The van der Waals surface area contributed by atoms with E-state index < -0.39 is 11.6 Å². The lowest BCUT2D eigenvalue weighted by atomic mass is 10.1. The zero-order chi connectivity index (χ0) is 20.5. The predicted octanol–water partition coefficient (Wildman–Crippen LogP) is 5.33. The van der Waals surface area contributed by atoms with Gasteiger partial charge in [0, 0.05) is 6.07 Å². The molecular formula is C21H18Cl2O5. The van der Waals surface area contributed by atoms with E-state index in [1.807, 2.05) is 0 Å². The normalized spacial score (nSPS) is 14.6. The summed E-state index contributed by atoms with van der Waals surface area (Å²) in [5.41, 5.74) is 0.385. The Kier molecular flexibility index (Phi) is 5.68. The van der Waals surface area contributed by atoms with Gasteiger partial charge in [0.15, 0.2) is 12.4 Å². The Bertz CT molecular complexity index is 973. The highest BCUT2D eigenvalue weighted by Crippen LogP contribution is 2.36. The van der Waals surface area contributed by atoms with Gasteiger partial charge in [0.25, 0.3) is 0 Å². The summed E-state index contributed by atoms with van der Waals surface area (Å²) in [6, 6.07) is 9.86. The number of Topliss-reactive ketones (excluding diaryl/α,β-unsaturated/α-hetero) is 1. The molecule has 2 aromatic carbocycles. The molecule has 0 N–H and O–H groups in total. The van der Waals surface area contributed by atoms with Crippen LogP contribution in [0.2, 0.25) is 10.0 Å². The zero-order valence-electron chi connectivity index (χ0n) is 15.5. The molecule has 0 amide bonds. The van der Waals surface area contributed by atoms with Crippen molar-refractivity contribution in [3.63, 3.8) is 0 Å². The van der Waals surface area contributed by atoms with Gasteiger partial charge in [0.2, 0.25) is 5.78 Å². The van der Waals surface area contributed by atoms with Gasteiger partial charge in [-0.1, -0.05) is 35.3 Å². The van der Waals surface area contributed by atoms with Crippen molar-refractivity contribution < 1.29 is 23.8 Å². The number of esters is 1. The van der Waals surface area contributed by atoms with Crippen molar-refractivity contribution in [1.82, 2.24) is 0 Å². The predicted molar refractivity (Wildman–Crippen MR) is 107 cm³/mol. The van der Waals surface area contributed by atoms with E-state index in [0.717, 1.165) is 0 Å². The van der Waals surface area contributed by atoms with Crippen LogP contribution in [0.4, 0.5) is 0 Å². The Morgan fingerprint density at radius 3 is 2.64 bits per heavy atom. The molecule has 2 aromatic rings. The fourth-order valence-electron chi connectivity index (χ4n) is 2.54. The SMILES string of the molecule is CC(C)(C)OC(=O)COc1ccc2c(c1)OC(=Cc1cccc(Cl)c1Cl)C2=O. The summed E-state index contributed by atoms with van der Waals surface area (Å²) in [7, 11) is 0. The van der Waals surface area contributed by atoms with Crippen LogP contribution in [0.1, 0.15) is 36.7 Å². The Balaban J connectivity index is 1.74. The molecule has 3 rings (SSSR count). The lowest BCUT2D eigenvalue weighted by Gasteiger charge is -2.19. The van der Waals surface area contributed by atoms with Gasteiger partial charge in [-0.25, -0.2) is 4.79 Å². The molecule has 0 aliphatic carbocycles. The molecule has 28 heavy (non-hydrogen) atoms. The number of halogens is 2. The van der Waals surface area contributed by atoms with Crippen LogP contribution in [-0.2, 0) is 9.53 Å². The third kappa shape index (κ3) is 4.66. The minimum Gasteiger partial charge on any atom is -0.482 e. The minimum absolute atomic E-state index is 0.128. The Morgan fingerprint density at radius 1 is 1.18 bits per heavy atom. The summed E-state index contributed by atoms with van der Waals surface area (Å²) < 4.78 is 16.3. The van der Waals surface area contributed by atoms with Crippen LogP contribution >= 0.6 is 23.2 Å². The topological polar surface area (TPSA) is 61.8 Å². The van der Waals surface area contributed by atoms with Crippen LogP contribution in [-0.4, -0.2) is 24.0 Å². The molecule has 0 saturated heterocycles. The fraction of sp³-hybridized carbons (Fsp3) is 0.238. The second kappa shape index (κ2) is 7.86. The van der Waals surface area contributed by atoms with E-state index >= 15 is 0 Å². The first-order valence-electron chi connectivity index (χ1n) is 8.51. The monoisotopic (exact) mass is 420 g/mol. The smallest absolute Gasteiger partial charge is 0.344 e. The average molecular weight is 421 g/mol. The summed E-state index contributed by atoms with van der Waals surface area (Å²) >= 11 is 12.2. The summed E-state index contributed by atoms with van der Waals surface area (Å²) in [5.74, 6) is 0.102. The number of rotatable bonds is 4. The molecule has 1 aliphatic heterocycles. The van der Waals surface area contributed by atoms with E-state index in [9.17, 15) is 9.59 Å². The van der Waals surface area contributed by atoms with Gasteiger partial charge in [-0.15, -0.1) is 0 Å². The van der Waals surface area contributed by atoms with Crippen molar-refractivity contribution in [2.75, 3.05) is 6.61 Å². The van der Waals surface area contributed by atoms with E-state index in [4.69, 9.17) is 37.4 Å². The van der Waals surface area contributed by atoms with Crippen LogP contribution in [0.5, 0.6) is 11.5 Å². The van der Waals surface area contributed by atoms with E-state index in [-0.39, 0.29) is 18.1 Å². The number of carbonyl (C=O) groups is 2. The van der Waals surface area contributed by atoms with Gasteiger partial charge in [0.1, 0.15) is 17.1 Å². The zero-order valence-corrected chi connectivity index (χ0v) is 17.1. The first-order valence-corrected chi connectivity index (χ1v) is 9.26. The second-order valence-corrected chi connectivity index (χ2v) is 7.90. The highest BCUT2D eigenvalue weighted by atomic mass is 35.5. The third-order valence-electron chi connectivity index (χ3n) is 3.69. The molecule has 0 aromatic heterocycles. The molecular weight excluding hydrogens is 403 g/mol. The van der Waals surface area contributed by atoms with Crippen molar-refractivity contribution >= 4 is 41.0 Å². The number of allylic oxidation sites excluding steroid dienone is 1. The summed E-state index contributed by atoms with van der Waals surface area (Å²) in [4.78, 5) is 24.3. The van der Waals surface area contributed by atoms with Gasteiger partial charge in [0.05, 0.1) is 15.6 Å². The molecule has 1 heterocycles. The van der Waals surface area contributed by atoms with Gasteiger partial charge >= 0.3 is 5.97 Å². The Hall–Kier alpha value is -2.50. The maximum atomic E-state index is 12.5. The van der Waals surface area contributed by atoms with E-state index in [0.29, 0.717) is 32.7 Å². The maximum absolute atomic E-state index is 12.5. The molecule has 0 atom stereocenters. The van der Waals surface area contributed by atoms with Gasteiger partial charge in [-0.2, -0.15) is 0 Å². The number of ketones is 1. The van der Waals surface area contributed by atoms with Gasteiger partial charge in [-0.05, 0) is 50.6 Å². The van der Waals surface area contributed by atoms with Gasteiger partial charge in [-0.3, -0.25) is 4.79 Å². The quantitative estimate of drug-likeness (QED) is 0.493. The van der Waals surface area contributed by atoms with Crippen LogP contribution in [0, 0.1) is 0 Å². The average Bonchev–Trinajstić information content (AvgIpc) is 2.91. The number of hydrogen-bond acceptors (Lipinski definition) is 5. The first-order chi connectivity index (χ1) is 13.1. The molecule has 5 nitrogen and oxygen atoms in total. The number of fused-ring (bicyclic) bond motifs is 1. The Morgan fingerprint density at radius 2 is 1.93 bits per heavy atom. The molecule has 146 valence electrons. The number of ether oxygens (including phenoxy) is 3. The van der Waals surface area contributed by atoms with Crippen molar-refractivity contribution in [3.05, 3.63) is 63.3 Å². The summed E-state index contributed by atoms with van der Waals surface area (Å²) in [6.45, 7) is 5.09. The largest absolute Gasteiger partial charge is 0.482 e. The minimum atomic E-state index is -0.588. The molecule has 7 heteroatoms. The lowest BCUT2D eigenvalue weighted by molar-refractivity contribution is -0.157. The molecule has 0 bridgehead atoms. The van der Waals surface area contributed by atoms with Crippen molar-refractivity contribution in [2.24, 2.45) is 0 Å². The third-order valence-corrected chi connectivity index (χ3v) is 4.52. The summed E-state index contributed by atoms with van der Waals surface area (Å²) in [5, 5.41) is 0.724. The molecule has 1 aliphatic rings. The van der Waals surface area contributed by atoms with E-state index in [1.54, 1.807) is 57.2 Å². The second-order valence-electron chi connectivity index (χ2n) is 7.12. The summed E-state index contributed by atoms with van der Waals surface area (Å²) in [6.07, 6.45) is 1.54. The van der Waals surface area contributed by atoms with Crippen LogP contribution in [0.25, 0.3) is 6.08 Å². The lowest BCUT2D eigenvalue weighted by Crippen LogP contribution is -2.27. The number of benzene rings is 2. The molecule has 0 saturated carbocycles. The fourth-order valence-corrected chi connectivity index (χ4v) is 2.91. The highest BCUT2D eigenvalue weighted by Gasteiger charge is 2.28. The molecule has 0 spiro atoms. The van der Waals surface area contributed by atoms with Crippen LogP contribution in [0.3, 0.4) is 0 Å². The van der Waals surface area contributed by atoms with Crippen molar-refractivity contribution in [1.29, 1.82) is 0 Å². The number of carbonyl (C=O) groups excluding carboxylic acids is 2.